The summed E-state index contributed by atoms with van der Waals surface area (Å²) in [6.45, 7) is 1.87. The summed E-state index contributed by atoms with van der Waals surface area (Å²) in [6, 6.07) is 13.6. The lowest BCUT2D eigenvalue weighted by Gasteiger charge is -2.09. The highest BCUT2D eigenvalue weighted by Crippen LogP contribution is 2.18. The fraction of sp³-hybridized carbons (Fsp3) is 0.0625. The van der Waals surface area contributed by atoms with E-state index in [0.717, 1.165) is 5.56 Å². The average Bonchev–Trinajstić information content (AvgIpc) is 2.49. The zero-order valence-electron chi connectivity index (χ0n) is 11.3. The molecule has 3 N–H and O–H groups in total. The number of carbonyl (C=O) groups is 1. The number of nitriles is 2. The molecule has 0 aliphatic carbocycles. The maximum absolute atomic E-state index is 12.2. The van der Waals surface area contributed by atoms with Crippen LogP contribution in [0, 0.1) is 29.6 Å². The normalized spacial score (nSPS) is 9.48. The molecular weight excluding hydrogens is 264 g/mol. The van der Waals surface area contributed by atoms with Crippen molar-refractivity contribution in [2.75, 3.05) is 11.1 Å². The number of hydrogen-bond acceptors (Lipinski definition) is 4. The predicted molar refractivity (Wildman–Crippen MR) is 79.4 cm³/mol. The second-order valence-corrected chi connectivity index (χ2v) is 4.53. The fourth-order valence-corrected chi connectivity index (χ4v) is 1.88. The SMILES string of the molecule is Cc1ccc(N)c(C(=O)Nc2ccc(C#N)c(C#N)c2)c1. The van der Waals surface area contributed by atoms with E-state index in [0.29, 0.717) is 16.9 Å². The van der Waals surface area contributed by atoms with E-state index in [-0.39, 0.29) is 17.0 Å². The average molecular weight is 276 g/mol. The Morgan fingerprint density at radius 3 is 2.48 bits per heavy atom. The summed E-state index contributed by atoms with van der Waals surface area (Å²) in [5.41, 5.74) is 8.39. The van der Waals surface area contributed by atoms with Crippen LogP contribution in [0.25, 0.3) is 0 Å². The van der Waals surface area contributed by atoms with E-state index < -0.39 is 0 Å². The highest BCUT2D eigenvalue weighted by molar-refractivity contribution is 6.07. The summed E-state index contributed by atoms with van der Waals surface area (Å²) in [5, 5.41) is 20.5. The quantitative estimate of drug-likeness (QED) is 0.823. The van der Waals surface area contributed by atoms with Gasteiger partial charge in [-0.1, -0.05) is 11.6 Å². The van der Waals surface area contributed by atoms with Crippen LogP contribution >= 0.6 is 0 Å². The second-order valence-electron chi connectivity index (χ2n) is 4.53. The monoisotopic (exact) mass is 276 g/mol. The molecule has 2 rings (SSSR count). The molecule has 0 bridgehead atoms. The van der Waals surface area contributed by atoms with E-state index in [1.54, 1.807) is 18.2 Å². The van der Waals surface area contributed by atoms with Crippen LogP contribution in [0.2, 0.25) is 0 Å². The van der Waals surface area contributed by atoms with Gasteiger partial charge in [0.05, 0.1) is 16.7 Å². The van der Waals surface area contributed by atoms with Crippen LogP contribution in [-0.2, 0) is 0 Å². The molecule has 2 aromatic rings. The maximum Gasteiger partial charge on any atom is 0.257 e. The van der Waals surface area contributed by atoms with Crippen molar-refractivity contribution in [3.05, 3.63) is 58.7 Å². The van der Waals surface area contributed by atoms with E-state index in [4.69, 9.17) is 16.3 Å². The molecule has 0 atom stereocenters. The molecule has 102 valence electrons. The molecule has 0 fully saturated rings. The van der Waals surface area contributed by atoms with Crippen molar-refractivity contribution in [1.29, 1.82) is 10.5 Å². The van der Waals surface area contributed by atoms with Gasteiger partial charge in [-0.3, -0.25) is 4.79 Å². The molecule has 0 aliphatic rings. The van der Waals surface area contributed by atoms with E-state index >= 15 is 0 Å². The molecule has 0 radical (unpaired) electrons. The zero-order chi connectivity index (χ0) is 15.4. The van der Waals surface area contributed by atoms with Gasteiger partial charge in [-0.2, -0.15) is 10.5 Å². The first-order chi connectivity index (χ1) is 10.0. The number of nitrogens with one attached hydrogen (secondary N) is 1. The molecule has 5 heteroatoms. The summed E-state index contributed by atoms with van der Waals surface area (Å²) in [5.74, 6) is -0.357. The van der Waals surface area contributed by atoms with Gasteiger partial charge in [0.1, 0.15) is 12.1 Å². The van der Waals surface area contributed by atoms with E-state index in [2.05, 4.69) is 5.32 Å². The molecular formula is C16H12N4O. The van der Waals surface area contributed by atoms with Crippen molar-refractivity contribution in [3.63, 3.8) is 0 Å². The summed E-state index contributed by atoms with van der Waals surface area (Å²) in [7, 11) is 0. The Morgan fingerprint density at radius 2 is 1.81 bits per heavy atom. The first kappa shape index (κ1) is 14.1. The Bertz CT molecular complexity index is 797. The van der Waals surface area contributed by atoms with Crippen molar-refractivity contribution >= 4 is 17.3 Å². The number of aryl methyl sites for hydroxylation is 1. The lowest BCUT2D eigenvalue weighted by molar-refractivity contribution is 0.102. The molecule has 0 spiro atoms. The van der Waals surface area contributed by atoms with Gasteiger partial charge in [0.25, 0.3) is 5.91 Å². The van der Waals surface area contributed by atoms with Crippen LogP contribution < -0.4 is 11.1 Å². The smallest absolute Gasteiger partial charge is 0.257 e. The summed E-state index contributed by atoms with van der Waals surface area (Å²) >= 11 is 0. The number of rotatable bonds is 2. The summed E-state index contributed by atoms with van der Waals surface area (Å²) in [6.07, 6.45) is 0. The highest BCUT2D eigenvalue weighted by atomic mass is 16.1. The Balaban J connectivity index is 2.30. The van der Waals surface area contributed by atoms with Gasteiger partial charge < -0.3 is 11.1 Å². The van der Waals surface area contributed by atoms with Gasteiger partial charge in [0.2, 0.25) is 0 Å². The predicted octanol–water partition coefficient (Wildman–Crippen LogP) is 2.57. The van der Waals surface area contributed by atoms with Crippen molar-refractivity contribution in [2.45, 2.75) is 6.92 Å². The number of amides is 1. The number of nitrogens with zero attached hydrogens (tertiary/aromatic N) is 2. The largest absolute Gasteiger partial charge is 0.398 e. The van der Waals surface area contributed by atoms with Crippen molar-refractivity contribution in [1.82, 2.24) is 0 Å². The van der Waals surface area contributed by atoms with Gasteiger partial charge in [-0.15, -0.1) is 0 Å². The molecule has 1 amide bonds. The van der Waals surface area contributed by atoms with Crippen molar-refractivity contribution in [3.8, 4) is 12.1 Å². The van der Waals surface area contributed by atoms with Crippen LogP contribution in [0.15, 0.2) is 36.4 Å². The number of hydrogen-bond donors (Lipinski definition) is 2. The van der Waals surface area contributed by atoms with Crippen LogP contribution in [0.5, 0.6) is 0 Å². The minimum Gasteiger partial charge on any atom is -0.398 e. The lowest BCUT2D eigenvalue weighted by atomic mass is 10.1. The highest BCUT2D eigenvalue weighted by Gasteiger charge is 2.11. The van der Waals surface area contributed by atoms with Gasteiger partial charge >= 0.3 is 0 Å². The van der Waals surface area contributed by atoms with Gasteiger partial charge in [-0.05, 0) is 37.3 Å². The van der Waals surface area contributed by atoms with Crippen LogP contribution in [0.1, 0.15) is 27.0 Å². The molecule has 0 aliphatic heterocycles. The molecule has 2 aromatic carbocycles. The second kappa shape index (κ2) is 5.77. The third kappa shape index (κ3) is 2.99. The van der Waals surface area contributed by atoms with Crippen molar-refractivity contribution < 1.29 is 4.79 Å². The number of nitrogens with two attached hydrogens (primary N) is 1. The molecule has 0 unspecified atom stereocenters. The Labute approximate surface area is 122 Å². The summed E-state index contributed by atoms with van der Waals surface area (Å²) in [4.78, 5) is 12.2. The molecule has 0 saturated carbocycles. The zero-order valence-corrected chi connectivity index (χ0v) is 11.3. The minimum absolute atomic E-state index is 0.215. The number of anilines is 2. The van der Waals surface area contributed by atoms with Gasteiger partial charge in [0.15, 0.2) is 0 Å². The standard InChI is InChI=1S/C16H12N4O/c1-10-2-5-15(19)14(6-10)16(21)20-13-4-3-11(8-17)12(7-13)9-18/h2-7H,19H2,1H3,(H,20,21). The van der Waals surface area contributed by atoms with E-state index in [1.807, 2.05) is 25.1 Å². The maximum atomic E-state index is 12.2. The lowest BCUT2D eigenvalue weighted by Crippen LogP contribution is -2.14. The van der Waals surface area contributed by atoms with Crippen molar-refractivity contribution in [2.24, 2.45) is 0 Å². The fourth-order valence-electron chi connectivity index (χ4n) is 1.88. The Morgan fingerprint density at radius 1 is 1.10 bits per heavy atom. The van der Waals surface area contributed by atoms with E-state index in [1.165, 1.54) is 12.1 Å². The third-order valence-electron chi connectivity index (χ3n) is 2.97. The molecule has 0 heterocycles. The topological polar surface area (TPSA) is 103 Å². The minimum atomic E-state index is -0.357. The first-order valence-corrected chi connectivity index (χ1v) is 6.17. The Hall–Kier alpha value is -3.31. The third-order valence-corrected chi connectivity index (χ3v) is 2.97. The number of nitrogen functional groups attached to an aromatic ring is 1. The van der Waals surface area contributed by atoms with Crippen LogP contribution in [-0.4, -0.2) is 5.91 Å². The first-order valence-electron chi connectivity index (χ1n) is 6.17. The van der Waals surface area contributed by atoms with Gasteiger partial charge in [-0.25, -0.2) is 0 Å². The van der Waals surface area contributed by atoms with Crippen LogP contribution in [0.3, 0.4) is 0 Å². The molecule has 5 nitrogen and oxygen atoms in total. The Kier molecular flexibility index (Phi) is 3.87. The molecule has 0 saturated heterocycles. The van der Waals surface area contributed by atoms with Gasteiger partial charge in [0, 0.05) is 11.4 Å². The number of benzene rings is 2. The van der Waals surface area contributed by atoms with Crippen LogP contribution in [0.4, 0.5) is 11.4 Å². The molecule has 21 heavy (non-hydrogen) atoms. The molecule has 0 aromatic heterocycles. The summed E-state index contributed by atoms with van der Waals surface area (Å²) < 4.78 is 0. The number of carbonyl (C=O) groups excluding carboxylic acids is 1. The van der Waals surface area contributed by atoms with E-state index in [9.17, 15) is 4.79 Å².